The molecular weight excluding hydrogens is 553 g/mol. The van der Waals surface area contributed by atoms with Gasteiger partial charge in [0.25, 0.3) is 17.7 Å². The van der Waals surface area contributed by atoms with Gasteiger partial charge >= 0.3 is 6.18 Å². The van der Waals surface area contributed by atoms with Gasteiger partial charge in [0.1, 0.15) is 17.9 Å². The lowest BCUT2D eigenvalue weighted by Crippen LogP contribution is -2.55. The molecule has 0 radical (unpaired) electrons. The highest BCUT2D eigenvalue weighted by Crippen LogP contribution is 2.49. The molecule has 13 heteroatoms. The zero-order valence-electron chi connectivity index (χ0n) is 23.2. The number of nitrogens with one attached hydrogen (secondary N) is 1. The molecule has 1 aromatic carbocycles. The van der Waals surface area contributed by atoms with Crippen molar-refractivity contribution in [3.63, 3.8) is 0 Å². The summed E-state index contributed by atoms with van der Waals surface area (Å²) in [5.74, 6) is -1.61. The second-order valence-corrected chi connectivity index (χ2v) is 11.4. The average molecular weight is 585 g/mol. The fraction of sp³-hybridized carbons (Fsp3) is 0.552. The Morgan fingerprint density at radius 3 is 2.62 bits per heavy atom. The Kier molecular flexibility index (Phi) is 7.00. The summed E-state index contributed by atoms with van der Waals surface area (Å²) >= 11 is 0. The van der Waals surface area contributed by atoms with Crippen molar-refractivity contribution in [2.75, 3.05) is 24.7 Å². The van der Waals surface area contributed by atoms with E-state index < -0.39 is 41.6 Å². The molecular formula is C29H31F3N6O4. The van der Waals surface area contributed by atoms with Gasteiger partial charge in [0.2, 0.25) is 0 Å². The van der Waals surface area contributed by atoms with E-state index in [0.29, 0.717) is 43.9 Å². The smallest absolute Gasteiger partial charge is 0.381 e. The Morgan fingerprint density at radius 1 is 1.21 bits per heavy atom. The Bertz CT molecular complexity index is 1480. The highest BCUT2D eigenvalue weighted by Gasteiger charge is 2.56. The van der Waals surface area contributed by atoms with E-state index in [1.165, 1.54) is 11.0 Å². The number of nitrogens with zero attached hydrogens (tertiary/aromatic N) is 5. The number of anilines is 1. The van der Waals surface area contributed by atoms with Crippen molar-refractivity contribution in [2.24, 2.45) is 5.92 Å². The maximum Gasteiger partial charge on any atom is 0.416 e. The maximum absolute atomic E-state index is 14.1. The van der Waals surface area contributed by atoms with E-state index >= 15 is 0 Å². The molecule has 1 aliphatic carbocycles. The van der Waals surface area contributed by atoms with Crippen LogP contribution in [0.2, 0.25) is 0 Å². The number of carbonyl (C=O) groups is 3. The van der Waals surface area contributed by atoms with E-state index in [4.69, 9.17) is 9.84 Å². The van der Waals surface area contributed by atoms with Crippen molar-refractivity contribution in [3.8, 4) is 6.07 Å². The number of ether oxygens (including phenoxy) is 1. The fourth-order valence-corrected chi connectivity index (χ4v) is 6.66. The van der Waals surface area contributed by atoms with Gasteiger partial charge in [-0.25, -0.2) is 4.68 Å². The molecule has 10 nitrogen and oxygen atoms in total. The van der Waals surface area contributed by atoms with Crippen LogP contribution in [-0.4, -0.2) is 70.3 Å². The summed E-state index contributed by atoms with van der Waals surface area (Å²) < 4.78 is 47.2. The van der Waals surface area contributed by atoms with Gasteiger partial charge in [-0.3, -0.25) is 19.3 Å². The molecule has 3 amide bonds. The Morgan fingerprint density at radius 2 is 1.95 bits per heavy atom. The zero-order chi connectivity index (χ0) is 29.9. The van der Waals surface area contributed by atoms with Crippen molar-refractivity contribution in [3.05, 3.63) is 46.6 Å². The number of piperidine rings is 1. The van der Waals surface area contributed by atoms with Crippen molar-refractivity contribution in [2.45, 2.75) is 75.8 Å². The van der Waals surface area contributed by atoms with Gasteiger partial charge in [0.05, 0.1) is 17.7 Å². The first-order chi connectivity index (χ1) is 20.0. The lowest BCUT2D eigenvalue weighted by molar-refractivity contribution is -0.137. The quantitative estimate of drug-likeness (QED) is 0.573. The third-order valence-corrected chi connectivity index (χ3v) is 8.95. The largest absolute Gasteiger partial charge is 0.416 e. The van der Waals surface area contributed by atoms with Crippen LogP contribution < -0.4 is 10.2 Å². The van der Waals surface area contributed by atoms with Crippen LogP contribution in [0.15, 0.2) is 24.3 Å². The monoisotopic (exact) mass is 584 g/mol. The maximum atomic E-state index is 14.1. The SMILES string of the molecule is CCN1C(=O)[C@H](NC(=O)c2cccc(C(F)(F)F)c2)[C@H](C)c2c(C(=O)N3[C@H](C#N)C[C@H]4C[C@H]43)nn(C3CCOCC3)c21. The number of carbonyl (C=O) groups excluding carboxylic acids is 3. The standard InChI is InChI=1S/C29H31F3N6O4/c1-3-36-26-22(15(2)23(27(36)40)34-25(39)16-5-4-6-18(11-16)29(30,31)32)24(35-38(26)19-7-9-42-10-8-19)28(41)37-20(14-33)12-17-13-21(17)37/h4-6,11,15,17,19-21,23H,3,7-10,12-13H2,1-2H3,(H,34,39)/t15-,17+,20+,21-,23-/m1/s1. The summed E-state index contributed by atoms with van der Waals surface area (Å²) in [6.45, 7) is 4.69. The second kappa shape index (κ2) is 10.4. The number of benzene rings is 1. The van der Waals surface area contributed by atoms with E-state index in [2.05, 4.69) is 11.4 Å². The van der Waals surface area contributed by atoms with Gasteiger partial charge in [-0.15, -0.1) is 0 Å². The Labute approximate surface area is 240 Å². The number of hydrogen-bond donors (Lipinski definition) is 1. The first kappa shape index (κ1) is 28.2. The van der Waals surface area contributed by atoms with E-state index in [9.17, 15) is 32.8 Å². The number of hydrogen-bond acceptors (Lipinski definition) is 6. The van der Waals surface area contributed by atoms with Crippen LogP contribution in [0.25, 0.3) is 0 Å². The molecule has 4 aliphatic rings. The summed E-state index contributed by atoms with van der Waals surface area (Å²) in [7, 11) is 0. The number of likely N-dealkylation sites (tertiary alicyclic amines) is 1. The highest BCUT2D eigenvalue weighted by atomic mass is 19.4. The van der Waals surface area contributed by atoms with Crippen molar-refractivity contribution >= 4 is 23.5 Å². The van der Waals surface area contributed by atoms with Crippen molar-refractivity contribution in [1.82, 2.24) is 20.0 Å². The molecule has 0 bridgehead atoms. The van der Waals surface area contributed by atoms with Gasteiger partial charge in [0, 0.05) is 42.8 Å². The molecule has 3 aliphatic heterocycles. The molecule has 6 rings (SSSR count). The van der Waals surface area contributed by atoms with Crippen LogP contribution in [0.3, 0.4) is 0 Å². The molecule has 1 saturated carbocycles. The van der Waals surface area contributed by atoms with Crippen molar-refractivity contribution < 1.29 is 32.3 Å². The minimum Gasteiger partial charge on any atom is -0.381 e. The van der Waals surface area contributed by atoms with E-state index in [1.54, 1.807) is 23.4 Å². The van der Waals surface area contributed by atoms with E-state index in [0.717, 1.165) is 24.6 Å². The first-order valence-corrected chi connectivity index (χ1v) is 14.3. The molecule has 0 unspecified atom stereocenters. The lowest BCUT2D eigenvalue weighted by Gasteiger charge is -2.38. The van der Waals surface area contributed by atoms with Gasteiger partial charge in [-0.1, -0.05) is 13.0 Å². The third kappa shape index (κ3) is 4.62. The van der Waals surface area contributed by atoms with Crippen LogP contribution in [0.5, 0.6) is 0 Å². The predicted octanol–water partition coefficient (Wildman–Crippen LogP) is 3.65. The summed E-state index contributed by atoms with van der Waals surface area (Å²) in [5.41, 5.74) is -0.581. The molecule has 42 heavy (non-hydrogen) atoms. The fourth-order valence-electron chi connectivity index (χ4n) is 6.66. The van der Waals surface area contributed by atoms with Gasteiger partial charge in [-0.2, -0.15) is 23.5 Å². The predicted molar refractivity (Wildman–Crippen MR) is 143 cm³/mol. The van der Waals surface area contributed by atoms with Crippen LogP contribution in [-0.2, 0) is 15.7 Å². The Hall–Kier alpha value is -3.92. The molecule has 1 aromatic heterocycles. The number of aromatic nitrogens is 2. The van der Waals surface area contributed by atoms with Crippen molar-refractivity contribution in [1.29, 1.82) is 5.26 Å². The van der Waals surface area contributed by atoms with Gasteiger partial charge in [0.15, 0.2) is 5.69 Å². The Balaban J connectivity index is 1.40. The van der Waals surface area contributed by atoms with Crippen LogP contribution in [0.4, 0.5) is 19.0 Å². The first-order valence-electron chi connectivity index (χ1n) is 14.3. The number of likely N-dealkylation sites (N-methyl/N-ethyl adjacent to an activating group) is 1. The number of rotatable bonds is 5. The lowest BCUT2D eigenvalue weighted by atomic mass is 9.87. The number of alkyl halides is 3. The summed E-state index contributed by atoms with van der Waals surface area (Å²) in [6, 6.07) is 4.38. The molecule has 2 saturated heterocycles. The third-order valence-electron chi connectivity index (χ3n) is 8.95. The summed E-state index contributed by atoms with van der Waals surface area (Å²) in [4.78, 5) is 44.3. The van der Waals surface area contributed by atoms with Crippen LogP contribution in [0, 0.1) is 17.2 Å². The normalized spacial score (nSPS) is 27.3. The average Bonchev–Trinajstić information content (AvgIpc) is 3.47. The van der Waals surface area contributed by atoms with Crippen LogP contribution >= 0.6 is 0 Å². The van der Waals surface area contributed by atoms with Gasteiger partial charge < -0.3 is 15.0 Å². The molecule has 3 fully saturated rings. The minimum atomic E-state index is -4.64. The molecule has 2 aromatic rings. The molecule has 4 heterocycles. The van der Waals surface area contributed by atoms with Gasteiger partial charge in [-0.05, 0) is 56.7 Å². The number of halogens is 3. The summed E-state index contributed by atoms with van der Waals surface area (Å²) in [6.07, 6.45) is -1.93. The summed E-state index contributed by atoms with van der Waals surface area (Å²) in [5, 5.41) is 17.2. The van der Waals surface area contributed by atoms with E-state index in [-0.39, 0.29) is 41.7 Å². The number of fused-ring (bicyclic) bond motifs is 2. The van der Waals surface area contributed by atoms with Crippen LogP contribution in [0.1, 0.15) is 83.5 Å². The molecule has 1 N–H and O–H groups in total. The van der Waals surface area contributed by atoms with E-state index in [1.807, 2.05) is 0 Å². The topological polar surface area (TPSA) is 121 Å². The molecule has 0 spiro atoms. The minimum absolute atomic E-state index is 0.0229. The highest BCUT2D eigenvalue weighted by molar-refractivity contribution is 6.07. The zero-order valence-corrected chi connectivity index (χ0v) is 23.2. The molecule has 5 atom stereocenters. The second-order valence-electron chi connectivity index (χ2n) is 11.4. The number of amides is 3. The number of nitriles is 1. The molecule has 222 valence electrons.